The molecule has 0 spiro atoms. The molecule has 0 aliphatic carbocycles. The molecule has 2 saturated heterocycles. The van der Waals surface area contributed by atoms with Crippen LogP contribution in [-0.4, -0.2) is 158 Å². The van der Waals surface area contributed by atoms with Crippen LogP contribution in [0.2, 0.25) is 0 Å². The number of amides is 8. The molecule has 23 nitrogen and oxygen atoms in total. The number of likely N-dealkylation sites (tertiary alicyclic amines) is 2. The molecule has 0 aromatic carbocycles. The number of primary amides is 1. The van der Waals surface area contributed by atoms with Gasteiger partial charge in [-0.1, -0.05) is 13.8 Å². The SMILES string of the molecule is CC(C)C[C@H](NC(=O)[C@@H]1CCCN1C(=O)[C@H](C)NC(=O)[C@H](CCC(=O)O)NC(=O)[C@@H](N)[C@@H](C)O)C(=O)N[C@@H](CC(N)=O)C(=O)N1CCC[C@H]1C(=O)N[C@@H](CCCCN)C(=O)O. The maximum absolute atomic E-state index is 13.9. The first kappa shape index (κ1) is 51.7. The van der Waals surface area contributed by atoms with Crippen LogP contribution in [-0.2, 0) is 47.9 Å². The molecule has 0 bridgehead atoms. The number of hydrogen-bond donors (Lipinski definition) is 11. The Kier molecular flexibility index (Phi) is 21.0. The van der Waals surface area contributed by atoms with E-state index in [1.54, 1.807) is 13.8 Å². The minimum atomic E-state index is -1.55. The van der Waals surface area contributed by atoms with E-state index in [2.05, 4.69) is 26.6 Å². The van der Waals surface area contributed by atoms with Crippen LogP contribution in [0.15, 0.2) is 0 Å². The van der Waals surface area contributed by atoms with Gasteiger partial charge in [0.05, 0.1) is 12.5 Å². The Balaban J connectivity index is 2.21. The van der Waals surface area contributed by atoms with Gasteiger partial charge in [0.2, 0.25) is 47.3 Å². The van der Waals surface area contributed by atoms with Gasteiger partial charge in [-0.25, -0.2) is 4.79 Å². The Bertz CT molecular complexity index is 1610. The largest absolute Gasteiger partial charge is 0.481 e. The first-order chi connectivity index (χ1) is 28.6. The monoisotopic (exact) mass is 868 g/mol. The van der Waals surface area contributed by atoms with Gasteiger partial charge in [0.15, 0.2) is 0 Å². The molecule has 0 unspecified atom stereocenters. The van der Waals surface area contributed by atoms with Crippen LogP contribution in [0.3, 0.4) is 0 Å². The van der Waals surface area contributed by atoms with Crippen LogP contribution in [0.4, 0.5) is 0 Å². The molecule has 0 aromatic heterocycles. The van der Waals surface area contributed by atoms with Crippen LogP contribution >= 0.6 is 0 Å². The summed E-state index contributed by atoms with van der Waals surface area (Å²) in [5.41, 5.74) is 16.6. The van der Waals surface area contributed by atoms with Crippen molar-refractivity contribution in [2.45, 2.75) is 153 Å². The lowest BCUT2D eigenvalue weighted by atomic mass is 10.0. The molecule has 8 amide bonds. The van der Waals surface area contributed by atoms with E-state index in [-0.39, 0.29) is 51.1 Å². The van der Waals surface area contributed by atoms with Gasteiger partial charge < -0.3 is 68.9 Å². The summed E-state index contributed by atoms with van der Waals surface area (Å²) in [6.45, 7) is 6.63. The van der Waals surface area contributed by atoms with Crippen molar-refractivity contribution in [3.63, 3.8) is 0 Å². The van der Waals surface area contributed by atoms with Gasteiger partial charge in [-0.15, -0.1) is 0 Å². The number of carbonyl (C=O) groups is 10. The van der Waals surface area contributed by atoms with Crippen molar-refractivity contribution in [1.29, 1.82) is 0 Å². The molecule has 9 atom stereocenters. The van der Waals surface area contributed by atoms with Gasteiger partial charge in [-0.2, -0.15) is 0 Å². The highest BCUT2D eigenvalue weighted by Crippen LogP contribution is 2.22. The van der Waals surface area contributed by atoms with E-state index < -0.39 is 126 Å². The predicted octanol–water partition coefficient (Wildman–Crippen LogP) is -3.88. The molecule has 2 rings (SSSR count). The summed E-state index contributed by atoms with van der Waals surface area (Å²) in [6, 6.07) is -10.4. The van der Waals surface area contributed by atoms with E-state index in [4.69, 9.17) is 22.3 Å². The molecule has 23 heteroatoms. The molecule has 344 valence electrons. The van der Waals surface area contributed by atoms with E-state index in [1.165, 1.54) is 18.7 Å². The summed E-state index contributed by atoms with van der Waals surface area (Å²) in [5, 5.41) is 40.8. The Morgan fingerprint density at radius 2 is 1.20 bits per heavy atom. The molecule has 61 heavy (non-hydrogen) atoms. The zero-order valence-electron chi connectivity index (χ0n) is 35.2. The summed E-state index contributed by atoms with van der Waals surface area (Å²) in [5.74, 6) is -9.30. The number of unbranched alkanes of at least 4 members (excludes halogenated alkanes) is 1. The Labute approximate surface area is 354 Å². The zero-order valence-corrected chi connectivity index (χ0v) is 35.2. The fraction of sp³-hybridized carbons (Fsp3) is 0.737. The lowest BCUT2D eigenvalue weighted by Crippen LogP contribution is -2.60. The number of carbonyl (C=O) groups excluding carboxylic acids is 8. The molecule has 2 aliphatic rings. The van der Waals surface area contributed by atoms with Crippen molar-refractivity contribution < 1.29 is 63.3 Å². The Morgan fingerprint density at radius 3 is 1.69 bits per heavy atom. The van der Waals surface area contributed by atoms with E-state index in [9.17, 15) is 58.2 Å². The van der Waals surface area contributed by atoms with Crippen molar-refractivity contribution >= 4 is 59.2 Å². The Morgan fingerprint density at radius 1 is 0.672 bits per heavy atom. The average molecular weight is 869 g/mol. The second kappa shape index (κ2) is 24.7. The standard InChI is InChI=1S/C38H64N10O13/c1-19(2)17-24(32(54)46-25(18-28(40)50)37(59)48-16-8-11-27(48)33(55)44-23(38(60)61)9-5-6-14-39)45-34(56)26-10-7-15-47(26)36(58)20(3)42-31(53)22(12-13-29(51)52)43-35(57)30(41)21(4)49/h19-27,30,49H,5-18,39,41H2,1-4H3,(H2,40,50)(H,42,53)(H,43,57)(H,44,55)(H,45,56)(H,46,54)(H,51,52)(H,60,61)/t20-,21+,22-,23-,24-,25-,26-,27-,30-/m0/s1. The number of nitrogens with zero attached hydrogens (tertiary/aromatic N) is 2. The third kappa shape index (κ3) is 16.2. The number of carboxylic acids is 2. The van der Waals surface area contributed by atoms with E-state index in [0.29, 0.717) is 32.2 Å². The second-order valence-electron chi connectivity index (χ2n) is 16.0. The predicted molar refractivity (Wildman–Crippen MR) is 215 cm³/mol. The molecule has 14 N–H and O–H groups in total. The molecule has 2 heterocycles. The van der Waals surface area contributed by atoms with Crippen LogP contribution in [0.25, 0.3) is 0 Å². The van der Waals surface area contributed by atoms with Crippen LogP contribution in [0.1, 0.15) is 98.3 Å². The van der Waals surface area contributed by atoms with Gasteiger partial charge in [-0.3, -0.25) is 43.2 Å². The van der Waals surface area contributed by atoms with Crippen molar-refractivity contribution in [1.82, 2.24) is 36.4 Å². The fourth-order valence-corrected chi connectivity index (χ4v) is 7.12. The topological polar surface area (TPSA) is 376 Å². The number of aliphatic hydroxyl groups excluding tert-OH is 1. The first-order valence-electron chi connectivity index (χ1n) is 20.6. The summed E-state index contributed by atoms with van der Waals surface area (Å²) < 4.78 is 0. The van der Waals surface area contributed by atoms with Crippen LogP contribution in [0, 0.1) is 5.92 Å². The van der Waals surface area contributed by atoms with Crippen molar-refractivity contribution in [2.24, 2.45) is 23.1 Å². The molecule has 0 saturated carbocycles. The van der Waals surface area contributed by atoms with E-state index in [1.807, 2.05) is 0 Å². The van der Waals surface area contributed by atoms with Gasteiger partial charge in [0.1, 0.15) is 48.3 Å². The van der Waals surface area contributed by atoms with Crippen molar-refractivity contribution in [3.8, 4) is 0 Å². The summed E-state index contributed by atoms with van der Waals surface area (Å²) in [7, 11) is 0. The van der Waals surface area contributed by atoms with Gasteiger partial charge in [0, 0.05) is 19.5 Å². The normalized spacial score (nSPS) is 19.7. The van der Waals surface area contributed by atoms with Crippen molar-refractivity contribution in [3.05, 3.63) is 0 Å². The summed E-state index contributed by atoms with van der Waals surface area (Å²) in [4.78, 5) is 132. The minimum absolute atomic E-state index is 0.0554. The maximum atomic E-state index is 13.9. The molecular weight excluding hydrogens is 804 g/mol. The van der Waals surface area contributed by atoms with Crippen LogP contribution in [0.5, 0.6) is 0 Å². The lowest BCUT2D eigenvalue weighted by Gasteiger charge is -2.31. The summed E-state index contributed by atoms with van der Waals surface area (Å²) in [6.07, 6.45) is -0.553. The first-order valence-corrected chi connectivity index (χ1v) is 20.6. The molecule has 0 aromatic rings. The highest BCUT2D eigenvalue weighted by Gasteiger charge is 2.42. The lowest BCUT2D eigenvalue weighted by molar-refractivity contribution is -0.145. The highest BCUT2D eigenvalue weighted by molar-refractivity contribution is 5.99. The third-order valence-corrected chi connectivity index (χ3v) is 10.4. The van der Waals surface area contributed by atoms with E-state index in [0.717, 1.165) is 4.90 Å². The molecule has 2 fully saturated rings. The third-order valence-electron chi connectivity index (χ3n) is 10.4. The molecule has 0 radical (unpaired) electrons. The molecule has 2 aliphatic heterocycles. The number of aliphatic carboxylic acids is 2. The smallest absolute Gasteiger partial charge is 0.326 e. The number of carboxylic acid groups (broad SMARTS) is 2. The maximum Gasteiger partial charge on any atom is 0.326 e. The quantitative estimate of drug-likeness (QED) is 0.0391. The minimum Gasteiger partial charge on any atom is -0.481 e. The number of nitrogens with two attached hydrogens (primary N) is 3. The fourth-order valence-electron chi connectivity index (χ4n) is 7.12. The van der Waals surface area contributed by atoms with Gasteiger partial charge >= 0.3 is 11.9 Å². The van der Waals surface area contributed by atoms with Gasteiger partial charge in [0.25, 0.3) is 0 Å². The van der Waals surface area contributed by atoms with E-state index >= 15 is 0 Å². The number of aliphatic hydroxyl groups is 1. The molecular formula is C38H64N10O13. The summed E-state index contributed by atoms with van der Waals surface area (Å²) >= 11 is 0. The second-order valence-corrected chi connectivity index (χ2v) is 16.0. The average Bonchev–Trinajstić information content (AvgIpc) is 3.88. The van der Waals surface area contributed by atoms with Gasteiger partial charge in [-0.05, 0) is 84.1 Å². The number of hydrogen-bond acceptors (Lipinski definition) is 13. The number of nitrogens with one attached hydrogen (secondary N) is 5. The van der Waals surface area contributed by atoms with Crippen molar-refractivity contribution in [2.75, 3.05) is 19.6 Å². The highest BCUT2D eigenvalue weighted by atomic mass is 16.4. The number of rotatable bonds is 25. The zero-order chi connectivity index (χ0) is 46.1. The Hall–Kier alpha value is -5.42. The van der Waals surface area contributed by atoms with Crippen LogP contribution < -0.4 is 43.8 Å².